The summed E-state index contributed by atoms with van der Waals surface area (Å²) in [6.07, 6.45) is 1.88. The van der Waals surface area contributed by atoms with Crippen molar-refractivity contribution in [2.75, 3.05) is 14.2 Å². The van der Waals surface area contributed by atoms with Crippen molar-refractivity contribution in [3.8, 4) is 5.75 Å². The highest BCUT2D eigenvalue weighted by Crippen LogP contribution is 2.27. The van der Waals surface area contributed by atoms with Crippen LogP contribution in [0.15, 0.2) is 52.8 Å². The van der Waals surface area contributed by atoms with Gasteiger partial charge in [-0.25, -0.2) is 4.98 Å². The van der Waals surface area contributed by atoms with E-state index in [2.05, 4.69) is 15.2 Å². The van der Waals surface area contributed by atoms with E-state index in [1.54, 1.807) is 13.2 Å². The highest BCUT2D eigenvalue weighted by Gasteiger charge is 2.16. The molecular weight excluding hydrogens is 320 g/mol. The van der Waals surface area contributed by atoms with Crippen LogP contribution in [0.25, 0.3) is 5.65 Å². The summed E-state index contributed by atoms with van der Waals surface area (Å²) in [7, 11) is 2.94. The van der Waals surface area contributed by atoms with Crippen molar-refractivity contribution in [3.63, 3.8) is 0 Å². The third kappa shape index (κ3) is 3.50. The van der Waals surface area contributed by atoms with Crippen LogP contribution in [0.2, 0.25) is 0 Å². The van der Waals surface area contributed by atoms with Gasteiger partial charge in [0.05, 0.1) is 32.0 Å². The summed E-state index contributed by atoms with van der Waals surface area (Å²) in [4.78, 5) is 16.2. The van der Waals surface area contributed by atoms with E-state index < -0.39 is 0 Å². The number of carbonyl (C=O) groups is 1. The number of methoxy groups -OCH3 is 2. The van der Waals surface area contributed by atoms with Gasteiger partial charge in [-0.1, -0.05) is 12.1 Å². The minimum Gasteiger partial charge on any atom is -0.497 e. The SMILES string of the molecule is COC(=O)Cc1nc2c(C)cccn2c1N=Nc1cccc(OC)c1. The van der Waals surface area contributed by atoms with Crippen molar-refractivity contribution in [1.29, 1.82) is 0 Å². The van der Waals surface area contributed by atoms with Crippen LogP contribution in [0.3, 0.4) is 0 Å². The monoisotopic (exact) mass is 338 g/mol. The summed E-state index contributed by atoms with van der Waals surface area (Å²) < 4.78 is 11.8. The van der Waals surface area contributed by atoms with Crippen molar-refractivity contribution >= 4 is 23.1 Å². The van der Waals surface area contributed by atoms with Gasteiger partial charge in [0.1, 0.15) is 11.4 Å². The van der Waals surface area contributed by atoms with E-state index in [0.717, 1.165) is 11.2 Å². The quantitative estimate of drug-likeness (QED) is 0.524. The molecule has 3 rings (SSSR count). The van der Waals surface area contributed by atoms with Gasteiger partial charge >= 0.3 is 5.97 Å². The van der Waals surface area contributed by atoms with Crippen LogP contribution in [0.5, 0.6) is 5.75 Å². The van der Waals surface area contributed by atoms with E-state index in [0.29, 0.717) is 22.9 Å². The van der Waals surface area contributed by atoms with Crippen LogP contribution in [-0.2, 0) is 16.0 Å². The minimum absolute atomic E-state index is 0.0318. The molecule has 7 heteroatoms. The predicted molar refractivity (Wildman–Crippen MR) is 92.8 cm³/mol. The summed E-state index contributed by atoms with van der Waals surface area (Å²) in [6.45, 7) is 1.95. The second kappa shape index (κ2) is 7.12. The van der Waals surface area contributed by atoms with E-state index in [-0.39, 0.29) is 12.4 Å². The zero-order valence-corrected chi connectivity index (χ0v) is 14.3. The van der Waals surface area contributed by atoms with Crippen LogP contribution < -0.4 is 4.74 Å². The molecule has 0 fully saturated rings. The maximum Gasteiger partial charge on any atom is 0.311 e. The number of fused-ring (bicyclic) bond motifs is 1. The molecule has 0 aliphatic heterocycles. The highest BCUT2D eigenvalue weighted by atomic mass is 16.5. The van der Waals surface area contributed by atoms with Crippen molar-refractivity contribution in [1.82, 2.24) is 9.38 Å². The lowest BCUT2D eigenvalue weighted by Gasteiger charge is -2.01. The van der Waals surface area contributed by atoms with Gasteiger partial charge in [-0.05, 0) is 30.7 Å². The molecule has 2 aromatic heterocycles. The van der Waals surface area contributed by atoms with E-state index in [9.17, 15) is 4.79 Å². The fraction of sp³-hybridized carbons (Fsp3) is 0.222. The maximum atomic E-state index is 11.7. The number of aromatic nitrogens is 2. The molecule has 25 heavy (non-hydrogen) atoms. The molecule has 0 aliphatic carbocycles. The zero-order valence-electron chi connectivity index (χ0n) is 14.3. The van der Waals surface area contributed by atoms with Gasteiger partial charge in [0.2, 0.25) is 0 Å². The molecule has 0 saturated carbocycles. The Balaban J connectivity index is 2.06. The second-order valence-electron chi connectivity index (χ2n) is 5.42. The molecule has 1 aromatic carbocycles. The first-order valence-electron chi connectivity index (χ1n) is 7.71. The minimum atomic E-state index is -0.376. The summed E-state index contributed by atoms with van der Waals surface area (Å²) in [5.41, 5.74) is 2.89. The average Bonchev–Trinajstić information content (AvgIpc) is 2.98. The second-order valence-corrected chi connectivity index (χ2v) is 5.42. The average molecular weight is 338 g/mol. The van der Waals surface area contributed by atoms with E-state index in [4.69, 9.17) is 9.47 Å². The van der Waals surface area contributed by atoms with Crippen LogP contribution >= 0.6 is 0 Å². The number of carbonyl (C=O) groups excluding carboxylic acids is 1. The van der Waals surface area contributed by atoms with Crippen molar-refractivity contribution in [3.05, 3.63) is 53.9 Å². The van der Waals surface area contributed by atoms with Crippen molar-refractivity contribution < 1.29 is 14.3 Å². The van der Waals surface area contributed by atoms with E-state index in [1.165, 1.54) is 7.11 Å². The Bertz CT molecular complexity index is 947. The van der Waals surface area contributed by atoms with Crippen molar-refractivity contribution in [2.24, 2.45) is 10.2 Å². The largest absolute Gasteiger partial charge is 0.497 e. The third-order valence-corrected chi connectivity index (χ3v) is 3.74. The molecular formula is C18H18N4O3. The molecule has 0 amide bonds. The first kappa shape index (κ1) is 16.6. The number of esters is 1. The number of hydrogen-bond acceptors (Lipinski definition) is 6. The zero-order chi connectivity index (χ0) is 17.8. The number of imidazole rings is 1. The van der Waals surface area contributed by atoms with Gasteiger partial charge in [0.25, 0.3) is 0 Å². The van der Waals surface area contributed by atoms with Crippen molar-refractivity contribution in [2.45, 2.75) is 13.3 Å². The summed E-state index contributed by atoms with van der Waals surface area (Å²) in [5.74, 6) is 0.825. The van der Waals surface area contributed by atoms with Crippen LogP contribution in [0, 0.1) is 6.92 Å². The smallest absolute Gasteiger partial charge is 0.311 e. The number of benzene rings is 1. The predicted octanol–water partition coefficient (Wildman–Crippen LogP) is 3.78. The molecule has 0 radical (unpaired) electrons. The van der Waals surface area contributed by atoms with Crippen LogP contribution in [0.4, 0.5) is 11.5 Å². The molecule has 0 N–H and O–H groups in total. The number of hydrogen-bond donors (Lipinski definition) is 0. The molecule has 0 saturated heterocycles. The Morgan fingerprint density at radius 1 is 1.20 bits per heavy atom. The Morgan fingerprint density at radius 2 is 2.04 bits per heavy atom. The lowest BCUT2D eigenvalue weighted by molar-refractivity contribution is -0.139. The lowest BCUT2D eigenvalue weighted by atomic mass is 10.3. The Kier molecular flexibility index (Phi) is 4.74. The molecule has 128 valence electrons. The normalized spacial score (nSPS) is 11.2. The van der Waals surface area contributed by atoms with E-state index in [1.807, 2.05) is 47.9 Å². The van der Waals surface area contributed by atoms with Gasteiger partial charge in [-0.3, -0.25) is 9.20 Å². The number of rotatable bonds is 5. The molecule has 0 bridgehead atoms. The topological polar surface area (TPSA) is 77.5 Å². The van der Waals surface area contributed by atoms with Gasteiger partial charge < -0.3 is 9.47 Å². The molecule has 7 nitrogen and oxygen atoms in total. The Morgan fingerprint density at radius 3 is 2.80 bits per heavy atom. The number of azo groups is 1. The molecule has 0 spiro atoms. The molecule has 3 aromatic rings. The van der Waals surface area contributed by atoms with Gasteiger partial charge in [-0.2, -0.15) is 0 Å². The number of ether oxygens (including phenoxy) is 2. The summed E-state index contributed by atoms with van der Waals surface area (Å²) in [6, 6.07) is 11.1. The third-order valence-electron chi connectivity index (χ3n) is 3.74. The van der Waals surface area contributed by atoms with Gasteiger partial charge in [0.15, 0.2) is 5.82 Å². The summed E-state index contributed by atoms with van der Waals surface area (Å²) in [5, 5.41) is 8.59. The first-order valence-corrected chi connectivity index (χ1v) is 7.71. The molecule has 0 unspecified atom stereocenters. The Labute approximate surface area is 144 Å². The number of aryl methyl sites for hydroxylation is 1. The fourth-order valence-corrected chi connectivity index (χ4v) is 2.45. The molecule has 0 atom stereocenters. The first-order chi connectivity index (χ1) is 12.1. The van der Waals surface area contributed by atoms with Gasteiger partial charge in [0, 0.05) is 12.3 Å². The lowest BCUT2D eigenvalue weighted by Crippen LogP contribution is -2.04. The van der Waals surface area contributed by atoms with Crippen LogP contribution in [-0.4, -0.2) is 29.6 Å². The fourth-order valence-electron chi connectivity index (χ4n) is 2.45. The maximum absolute atomic E-state index is 11.7. The summed E-state index contributed by atoms with van der Waals surface area (Å²) >= 11 is 0. The Hall–Kier alpha value is -3.22. The highest BCUT2D eigenvalue weighted by molar-refractivity contribution is 5.74. The number of nitrogens with zero attached hydrogens (tertiary/aromatic N) is 4. The van der Waals surface area contributed by atoms with Gasteiger partial charge in [-0.15, -0.1) is 10.2 Å². The van der Waals surface area contributed by atoms with E-state index >= 15 is 0 Å². The number of pyridine rings is 1. The standard InChI is InChI=1S/C18H18N4O3/c1-12-6-5-9-22-17(12)19-15(11-16(23)25-3)18(22)21-20-13-7-4-8-14(10-13)24-2/h4-10H,11H2,1-3H3. The molecule has 2 heterocycles. The van der Waals surface area contributed by atoms with Crippen LogP contribution in [0.1, 0.15) is 11.3 Å². The molecule has 0 aliphatic rings.